The quantitative estimate of drug-likeness (QED) is 0.642. The van der Waals surface area contributed by atoms with Gasteiger partial charge in [-0.2, -0.15) is 0 Å². The van der Waals surface area contributed by atoms with Crippen molar-refractivity contribution in [3.8, 4) is 0 Å². The van der Waals surface area contributed by atoms with E-state index in [1.54, 1.807) is 12.1 Å². The number of fused-ring (bicyclic) bond motifs is 5. The van der Waals surface area contributed by atoms with Crippen LogP contribution < -0.4 is 5.32 Å². The van der Waals surface area contributed by atoms with Crippen molar-refractivity contribution < 1.29 is 4.39 Å². The highest BCUT2D eigenvalue weighted by molar-refractivity contribution is 5.38. The zero-order valence-corrected chi connectivity index (χ0v) is 7.39. The first kappa shape index (κ1) is 7.51. The average molecular weight is 177 g/mol. The normalized spacial score (nSPS) is 30.2. The Balaban J connectivity index is 2.15. The number of hydrogen-bond donors (Lipinski definition) is 1. The van der Waals surface area contributed by atoms with Crippen LogP contribution in [0.4, 0.5) is 4.39 Å². The second-order valence-electron chi connectivity index (χ2n) is 3.98. The SMILES string of the molecule is Fc1ccc2c(c1)C1CCCC2N1. The lowest BCUT2D eigenvalue weighted by atomic mass is 10.0. The van der Waals surface area contributed by atoms with Gasteiger partial charge in [-0.15, -0.1) is 0 Å². The number of hydrogen-bond acceptors (Lipinski definition) is 1. The maximum absolute atomic E-state index is 13.0. The van der Waals surface area contributed by atoms with Gasteiger partial charge in [-0.3, -0.25) is 0 Å². The van der Waals surface area contributed by atoms with Gasteiger partial charge in [0.05, 0.1) is 0 Å². The van der Waals surface area contributed by atoms with Crippen molar-refractivity contribution in [1.29, 1.82) is 0 Å². The summed E-state index contributed by atoms with van der Waals surface area (Å²) >= 11 is 0. The molecule has 0 saturated carbocycles. The van der Waals surface area contributed by atoms with Gasteiger partial charge in [0.2, 0.25) is 0 Å². The van der Waals surface area contributed by atoms with Crippen molar-refractivity contribution in [2.75, 3.05) is 0 Å². The molecule has 0 aliphatic carbocycles. The van der Waals surface area contributed by atoms with Crippen LogP contribution in [0.3, 0.4) is 0 Å². The molecule has 1 aromatic carbocycles. The van der Waals surface area contributed by atoms with Crippen LogP contribution in [-0.2, 0) is 0 Å². The average Bonchev–Trinajstić information content (AvgIpc) is 2.39. The molecule has 2 unspecified atom stereocenters. The van der Waals surface area contributed by atoms with Crippen LogP contribution in [0.5, 0.6) is 0 Å². The van der Waals surface area contributed by atoms with Gasteiger partial charge in [0.15, 0.2) is 0 Å². The Hall–Kier alpha value is -0.890. The summed E-state index contributed by atoms with van der Waals surface area (Å²) in [4.78, 5) is 0. The highest BCUT2D eigenvalue weighted by Gasteiger charge is 2.33. The van der Waals surface area contributed by atoms with Gasteiger partial charge in [-0.05, 0) is 42.5 Å². The van der Waals surface area contributed by atoms with E-state index in [2.05, 4.69) is 5.32 Å². The summed E-state index contributed by atoms with van der Waals surface area (Å²) in [5, 5.41) is 3.52. The monoisotopic (exact) mass is 177 g/mol. The van der Waals surface area contributed by atoms with Crippen molar-refractivity contribution in [3.63, 3.8) is 0 Å². The summed E-state index contributed by atoms with van der Waals surface area (Å²) in [5.41, 5.74) is 2.52. The molecule has 0 aromatic heterocycles. The van der Waals surface area contributed by atoms with E-state index < -0.39 is 0 Å². The third kappa shape index (κ3) is 1.02. The van der Waals surface area contributed by atoms with Crippen LogP contribution in [0.25, 0.3) is 0 Å². The van der Waals surface area contributed by atoms with E-state index in [-0.39, 0.29) is 5.82 Å². The Morgan fingerprint density at radius 1 is 1.15 bits per heavy atom. The van der Waals surface area contributed by atoms with Crippen molar-refractivity contribution in [3.05, 3.63) is 35.1 Å². The van der Waals surface area contributed by atoms with Gasteiger partial charge in [-0.25, -0.2) is 4.39 Å². The molecule has 13 heavy (non-hydrogen) atoms. The zero-order chi connectivity index (χ0) is 8.84. The summed E-state index contributed by atoms with van der Waals surface area (Å²) < 4.78 is 13.0. The molecular weight excluding hydrogens is 165 g/mol. The van der Waals surface area contributed by atoms with Crippen molar-refractivity contribution in [2.45, 2.75) is 31.3 Å². The van der Waals surface area contributed by atoms with Crippen LogP contribution in [0.15, 0.2) is 18.2 Å². The van der Waals surface area contributed by atoms with E-state index in [1.807, 2.05) is 6.07 Å². The Morgan fingerprint density at radius 3 is 2.77 bits per heavy atom. The summed E-state index contributed by atoms with van der Waals surface area (Å²) in [7, 11) is 0. The standard InChI is InChI=1S/C11H12FN/c12-7-4-5-8-9(6-7)11-3-1-2-10(8)13-11/h4-6,10-11,13H,1-3H2. The van der Waals surface area contributed by atoms with Crippen molar-refractivity contribution in [1.82, 2.24) is 5.32 Å². The maximum Gasteiger partial charge on any atom is 0.123 e. The first-order chi connectivity index (χ1) is 6.34. The van der Waals surface area contributed by atoms with Crippen LogP contribution in [0.2, 0.25) is 0 Å². The van der Waals surface area contributed by atoms with Gasteiger partial charge >= 0.3 is 0 Å². The molecule has 68 valence electrons. The molecule has 0 spiro atoms. The molecular formula is C11H12FN. The number of benzene rings is 1. The van der Waals surface area contributed by atoms with Gasteiger partial charge in [0, 0.05) is 12.1 Å². The zero-order valence-electron chi connectivity index (χ0n) is 7.39. The molecule has 2 heteroatoms. The van der Waals surface area contributed by atoms with Gasteiger partial charge in [-0.1, -0.05) is 6.07 Å². The van der Waals surface area contributed by atoms with E-state index in [0.717, 1.165) is 6.42 Å². The van der Waals surface area contributed by atoms with E-state index in [9.17, 15) is 4.39 Å². The van der Waals surface area contributed by atoms with Crippen LogP contribution >= 0.6 is 0 Å². The summed E-state index contributed by atoms with van der Waals surface area (Å²) in [6, 6.07) is 6.12. The highest BCUT2D eigenvalue weighted by Crippen LogP contribution is 2.42. The van der Waals surface area contributed by atoms with E-state index in [1.165, 1.54) is 24.0 Å². The third-order valence-corrected chi connectivity index (χ3v) is 3.19. The van der Waals surface area contributed by atoms with Crippen LogP contribution in [0.1, 0.15) is 42.5 Å². The Morgan fingerprint density at radius 2 is 1.92 bits per heavy atom. The molecule has 2 aliphatic rings. The number of rotatable bonds is 0. The predicted molar refractivity (Wildman–Crippen MR) is 48.9 cm³/mol. The largest absolute Gasteiger partial charge is 0.303 e. The molecule has 1 fully saturated rings. The molecule has 3 rings (SSSR count). The third-order valence-electron chi connectivity index (χ3n) is 3.19. The number of piperidine rings is 1. The fraction of sp³-hybridized carbons (Fsp3) is 0.455. The van der Waals surface area contributed by atoms with Crippen LogP contribution in [0, 0.1) is 5.82 Å². The molecule has 2 atom stereocenters. The number of nitrogens with one attached hydrogen (secondary N) is 1. The van der Waals surface area contributed by atoms with Crippen LogP contribution in [-0.4, -0.2) is 0 Å². The molecule has 1 N–H and O–H groups in total. The summed E-state index contributed by atoms with van der Waals surface area (Å²) in [5.74, 6) is -0.104. The molecule has 1 saturated heterocycles. The minimum Gasteiger partial charge on any atom is -0.303 e. The number of halogens is 1. The molecule has 2 bridgehead atoms. The second-order valence-corrected chi connectivity index (χ2v) is 3.98. The maximum atomic E-state index is 13.0. The lowest BCUT2D eigenvalue weighted by Crippen LogP contribution is -2.22. The van der Waals surface area contributed by atoms with Gasteiger partial charge < -0.3 is 5.32 Å². The van der Waals surface area contributed by atoms with Gasteiger partial charge in [0.1, 0.15) is 5.82 Å². The lowest BCUT2D eigenvalue weighted by molar-refractivity contribution is 0.370. The first-order valence-electron chi connectivity index (χ1n) is 4.90. The second kappa shape index (κ2) is 2.55. The topological polar surface area (TPSA) is 12.0 Å². The molecule has 0 amide bonds. The Bertz CT molecular complexity index is 348. The van der Waals surface area contributed by atoms with E-state index >= 15 is 0 Å². The molecule has 0 radical (unpaired) electrons. The predicted octanol–water partition coefficient (Wildman–Crippen LogP) is 2.70. The van der Waals surface area contributed by atoms with Crippen molar-refractivity contribution >= 4 is 0 Å². The molecule has 1 nitrogen and oxygen atoms in total. The summed E-state index contributed by atoms with van der Waals surface area (Å²) in [6.07, 6.45) is 3.63. The highest BCUT2D eigenvalue weighted by atomic mass is 19.1. The van der Waals surface area contributed by atoms with E-state index in [4.69, 9.17) is 0 Å². The minimum atomic E-state index is -0.104. The Kier molecular flexibility index (Phi) is 1.47. The first-order valence-corrected chi connectivity index (χ1v) is 4.90. The molecule has 1 aromatic rings. The lowest BCUT2D eigenvalue weighted by Gasteiger charge is -2.20. The molecule has 2 heterocycles. The van der Waals surface area contributed by atoms with Gasteiger partial charge in [0.25, 0.3) is 0 Å². The summed E-state index contributed by atoms with van der Waals surface area (Å²) in [6.45, 7) is 0. The minimum absolute atomic E-state index is 0.104. The Labute approximate surface area is 77.0 Å². The van der Waals surface area contributed by atoms with Crippen molar-refractivity contribution in [2.24, 2.45) is 0 Å². The fourth-order valence-electron chi connectivity index (χ4n) is 2.59. The molecule has 2 aliphatic heterocycles. The van der Waals surface area contributed by atoms with E-state index in [0.29, 0.717) is 12.1 Å². The smallest absolute Gasteiger partial charge is 0.123 e. The fourth-order valence-corrected chi connectivity index (χ4v) is 2.59.